The van der Waals surface area contributed by atoms with E-state index in [4.69, 9.17) is 24.3 Å². The summed E-state index contributed by atoms with van der Waals surface area (Å²) in [6.45, 7) is 1.65. The number of benzene rings is 3. The predicted octanol–water partition coefficient (Wildman–Crippen LogP) is 5.75. The summed E-state index contributed by atoms with van der Waals surface area (Å²) in [6, 6.07) is 15.0. The van der Waals surface area contributed by atoms with Crippen LogP contribution in [0.1, 0.15) is 30.1 Å². The molecule has 0 bridgehead atoms. The first-order valence-electron chi connectivity index (χ1n) is 13.8. The molecule has 2 aliphatic heterocycles. The molecule has 0 radical (unpaired) electrons. The summed E-state index contributed by atoms with van der Waals surface area (Å²) in [4.78, 5) is 11.7. The molecule has 13 heteroatoms. The second-order valence-corrected chi connectivity index (χ2v) is 10.4. The van der Waals surface area contributed by atoms with Crippen LogP contribution in [0, 0.1) is 5.82 Å². The SMILES string of the molecule is COc1ccc(CNc2nc3c4c(ccc3c3nc(C5CCCN(c6cccc(F)c6)C5)nn23)OC(F)(F)O4)c(OC)c1. The molecule has 1 N–H and O–H groups in total. The lowest BCUT2D eigenvalue weighted by Gasteiger charge is -2.33. The van der Waals surface area contributed by atoms with E-state index in [1.54, 1.807) is 36.9 Å². The number of hydrogen-bond donors (Lipinski definition) is 1. The van der Waals surface area contributed by atoms with Crippen molar-refractivity contribution in [2.24, 2.45) is 0 Å². The minimum atomic E-state index is -3.81. The number of alkyl halides is 2. The minimum Gasteiger partial charge on any atom is -0.497 e. The molecule has 0 aliphatic carbocycles. The first kappa shape index (κ1) is 26.9. The van der Waals surface area contributed by atoms with Crippen LogP contribution < -0.4 is 29.2 Å². The molecule has 2 aliphatic rings. The lowest BCUT2D eigenvalue weighted by Crippen LogP contribution is -2.34. The highest BCUT2D eigenvalue weighted by Crippen LogP contribution is 2.46. The molecule has 0 spiro atoms. The molecule has 1 saturated heterocycles. The third-order valence-corrected chi connectivity index (χ3v) is 7.72. The zero-order chi connectivity index (χ0) is 29.7. The summed E-state index contributed by atoms with van der Waals surface area (Å²) in [5.74, 6) is 1.44. The van der Waals surface area contributed by atoms with Crippen molar-refractivity contribution in [3.8, 4) is 23.0 Å². The Morgan fingerprint density at radius 2 is 1.93 bits per heavy atom. The fourth-order valence-electron chi connectivity index (χ4n) is 5.65. The Labute approximate surface area is 244 Å². The molecule has 1 atom stereocenters. The Hall–Kier alpha value is -4.94. The van der Waals surface area contributed by atoms with Crippen LogP contribution in [0.3, 0.4) is 0 Å². The highest BCUT2D eigenvalue weighted by Gasteiger charge is 2.45. The smallest absolute Gasteiger partial charge is 0.497 e. The van der Waals surface area contributed by atoms with Crippen LogP contribution in [-0.2, 0) is 6.54 Å². The Morgan fingerprint density at radius 3 is 2.74 bits per heavy atom. The van der Waals surface area contributed by atoms with Gasteiger partial charge < -0.3 is 29.2 Å². The van der Waals surface area contributed by atoms with Crippen LogP contribution >= 0.6 is 0 Å². The Balaban J connectivity index is 1.30. The van der Waals surface area contributed by atoms with Crippen LogP contribution in [0.15, 0.2) is 54.6 Å². The van der Waals surface area contributed by atoms with Gasteiger partial charge in [0.2, 0.25) is 5.95 Å². The molecule has 1 unspecified atom stereocenters. The number of nitrogens with zero attached hydrogens (tertiary/aromatic N) is 5. The number of nitrogens with one attached hydrogen (secondary N) is 1. The van der Waals surface area contributed by atoms with Crippen molar-refractivity contribution in [3.05, 3.63) is 71.8 Å². The molecule has 10 nitrogen and oxygen atoms in total. The van der Waals surface area contributed by atoms with Gasteiger partial charge in [-0.1, -0.05) is 6.07 Å². The Kier molecular flexibility index (Phi) is 6.51. The first-order chi connectivity index (χ1) is 20.8. The number of piperidine rings is 1. The number of fused-ring (bicyclic) bond motifs is 5. The van der Waals surface area contributed by atoms with Gasteiger partial charge in [-0.3, -0.25) is 0 Å². The van der Waals surface area contributed by atoms with Crippen LogP contribution in [0.2, 0.25) is 0 Å². The van der Waals surface area contributed by atoms with Gasteiger partial charge in [0.25, 0.3) is 0 Å². The van der Waals surface area contributed by atoms with Gasteiger partial charge in [-0.25, -0.2) is 14.4 Å². The lowest BCUT2D eigenvalue weighted by molar-refractivity contribution is -0.286. The number of anilines is 2. The summed E-state index contributed by atoms with van der Waals surface area (Å²) < 4.78 is 64.0. The normalized spacial score (nSPS) is 17.4. The number of methoxy groups -OCH3 is 2. The maximum absolute atomic E-state index is 14.1. The molecule has 7 rings (SSSR count). The number of hydrogen-bond acceptors (Lipinski definition) is 9. The summed E-state index contributed by atoms with van der Waals surface area (Å²) >= 11 is 0. The molecule has 0 amide bonds. The summed E-state index contributed by atoms with van der Waals surface area (Å²) in [7, 11) is 3.13. The van der Waals surface area contributed by atoms with Gasteiger partial charge in [-0.2, -0.15) is 4.52 Å². The molecule has 2 aromatic heterocycles. The van der Waals surface area contributed by atoms with Crippen LogP contribution in [0.4, 0.5) is 24.8 Å². The number of ether oxygens (including phenoxy) is 4. The molecule has 43 heavy (non-hydrogen) atoms. The van der Waals surface area contributed by atoms with Gasteiger partial charge >= 0.3 is 6.29 Å². The zero-order valence-electron chi connectivity index (χ0n) is 23.3. The van der Waals surface area contributed by atoms with Crippen LogP contribution in [0.25, 0.3) is 16.6 Å². The highest BCUT2D eigenvalue weighted by atomic mass is 19.3. The predicted molar refractivity (Wildman–Crippen MR) is 152 cm³/mol. The van der Waals surface area contributed by atoms with E-state index in [2.05, 4.69) is 19.9 Å². The maximum atomic E-state index is 14.1. The standard InChI is InChI=1S/C30H27F3N6O4/c1-40-21-9-8-17(24(14-21)41-2)15-34-29-35-25-22(10-11-23-26(25)43-30(32,33)42-23)28-36-27(37-39(28)29)18-5-4-12-38(16-18)20-7-3-6-19(31)13-20/h3,6-11,13-14,18H,4-5,12,15-16H2,1-2H3,(H,34,35). The van der Waals surface area contributed by atoms with Crippen molar-refractivity contribution in [2.45, 2.75) is 31.6 Å². The Morgan fingerprint density at radius 1 is 1.05 bits per heavy atom. The second-order valence-electron chi connectivity index (χ2n) is 10.4. The summed E-state index contributed by atoms with van der Waals surface area (Å²) in [5, 5.41) is 8.59. The zero-order valence-corrected chi connectivity index (χ0v) is 23.3. The van der Waals surface area contributed by atoms with E-state index in [9.17, 15) is 13.2 Å². The van der Waals surface area contributed by atoms with Crippen molar-refractivity contribution in [2.75, 3.05) is 37.5 Å². The monoisotopic (exact) mass is 592 g/mol. The average molecular weight is 593 g/mol. The van der Waals surface area contributed by atoms with E-state index < -0.39 is 6.29 Å². The third kappa shape index (κ3) is 4.94. The van der Waals surface area contributed by atoms with E-state index in [0.29, 0.717) is 34.9 Å². The van der Waals surface area contributed by atoms with Crippen molar-refractivity contribution in [3.63, 3.8) is 0 Å². The molecular formula is C30H27F3N6O4. The molecule has 3 aromatic carbocycles. The summed E-state index contributed by atoms with van der Waals surface area (Å²) in [5.41, 5.74) is 2.19. The quantitative estimate of drug-likeness (QED) is 0.253. The largest absolute Gasteiger partial charge is 0.586 e. The highest BCUT2D eigenvalue weighted by molar-refractivity contribution is 5.97. The number of rotatable bonds is 7. The summed E-state index contributed by atoms with van der Waals surface area (Å²) in [6.07, 6.45) is -2.11. The molecule has 1 fully saturated rings. The van der Waals surface area contributed by atoms with Gasteiger partial charge in [0.15, 0.2) is 23.0 Å². The number of halogens is 3. The van der Waals surface area contributed by atoms with E-state index in [0.717, 1.165) is 30.6 Å². The molecule has 222 valence electrons. The molecule has 0 saturated carbocycles. The van der Waals surface area contributed by atoms with Gasteiger partial charge in [0.05, 0.1) is 14.2 Å². The molecule has 5 aromatic rings. The molecule has 4 heterocycles. The minimum absolute atomic E-state index is 0.0557. The van der Waals surface area contributed by atoms with Crippen LogP contribution in [0.5, 0.6) is 23.0 Å². The van der Waals surface area contributed by atoms with E-state index >= 15 is 0 Å². The Bertz CT molecular complexity index is 1850. The van der Waals surface area contributed by atoms with Gasteiger partial charge in [0.1, 0.15) is 22.8 Å². The van der Waals surface area contributed by atoms with Crippen molar-refractivity contribution in [1.82, 2.24) is 19.6 Å². The lowest BCUT2D eigenvalue weighted by atomic mass is 9.97. The van der Waals surface area contributed by atoms with Gasteiger partial charge in [-0.05, 0) is 55.3 Å². The second kappa shape index (κ2) is 10.4. The van der Waals surface area contributed by atoms with E-state index in [-0.39, 0.29) is 41.2 Å². The third-order valence-electron chi connectivity index (χ3n) is 7.72. The van der Waals surface area contributed by atoms with Crippen LogP contribution in [-0.4, -0.2) is 53.2 Å². The van der Waals surface area contributed by atoms with Crippen molar-refractivity contribution < 1.29 is 32.1 Å². The van der Waals surface area contributed by atoms with Crippen molar-refractivity contribution >= 4 is 28.2 Å². The van der Waals surface area contributed by atoms with Gasteiger partial charge in [-0.15, -0.1) is 13.9 Å². The average Bonchev–Trinajstić information content (AvgIpc) is 3.60. The fourth-order valence-corrected chi connectivity index (χ4v) is 5.65. The molecular weight excluding hydrogens is 565 g/mol. The number of aromatic nitrogens is 4. The van der Waals surface area contributed by atoms with Crippen molar-refractivity contribution in [1.29, 1.82) is 0 Å². The van der Waals surface area contributed by atoms with Gasteiger partial charge in [0, 0.05) is 48.3 Å². The fraction of sp³-hybridized carbons (Fsp3) is 0.300. The first-order valence-corrected chi connectivity index (χ1v) is 13.8. The maximum Gasteiger partial charge on any atom is 0.586 e. The topological polar surface area (TPSA) is 95.3 Å². The van der Waals surface area contributed by atoms with E-state index in [1.807, 2.05) is 18.2 Å². The van der Waals surface area contributed by atoms with E-state index in [1.165, 1.54) is 18.2 Å².